The van der Waals surface area contributed by atoms with Crippen molar-refractivity contribution in [2.45, 2.75) is 26.4 Å². The molecule has 3 aromatic rings. The Labute approximate surface area is 183 Å². The molecular weight excluding hydrogens is 450 g/mol. The quantitative estimate of drug-likeness (QED) is 0.536. The van der Waals surface area contributed by atoms with Gasteiger partial charge >= 0.3 is 0 Å². The average Bonchev–Trinajstić information content (AvgIpc) is 3.18. The van der Waals surface area contributed by atoms with Crippen LogP contribution in [-0.4, -0.2) is 48.1 Å². The van der Waals surface area contributed by atoms with Crippen LogP contribution >= 0.6 is 27.3 Å². The molecule has 1 unspecified atom stereocenters. The summed E-state index contributed by atoms with van der Waals surface area (Å²) in [6.45, 7) is 6.93. The van der Waals surface area contributed by atoms with E-state index in [0.717, 1.165) is 34.6 Å². The van der Waals surface area contributed by atoms with Crippen LogP contribution in [-0.2, 0) is 11.2 Å². The number of aryl methyl sites for hydroxylation is 1. The number of carbonyl (C=O) groups is 1. The Morgan fingerprint density at radius 2 is 1.90 bits per heavy atom. The third kappa shape index (κ3) is 4.56. The van der Waals surface area contributed by atoms with Gasteiger partial charge in [-0.15, -0.1) is 0 Å². The minimum atomic E-state index is -0.502. The van der Waals surface area contributed by atoms with E-state index in [9.17, 15) is 4.79 Å². The Morgan fingerprint density at radius 3 is 2.59 bits per heavy atom. The highest BCUT2D eigenvalue weighted by Gasteiger charge is 2.27. The van der Waals surface area contributed by atoms with Gasteiger partial charge in [0.25, 0.3) is 5.91 Å². The maximum Gasteiger partial charge on any atom is 0.263 e. The van der Waals surface area contributed by atoms with Crippen molar-refractivity contribution in [1.29, 1.82) is 0 Å². The first-order chi connectivity index (χ1) is 14.0. The molecule has 0 N–H and O–H groups in total. The van der Waals surface area contributed by atoms with Gasteiger partial charge in [-0.05, 0) is 55.3 Å². The number of ether oxygens (including phenoxy) is 1. The zero-order valence-corrected chi connectivity index (χ0v) is 19.0. The number of hydrogen-bond acceptors (Lipinski definition) is 5. The molecule has 0 radical (unpaired) electrons. The van der Waals surface area contributed by atoms with Gasteiger partial charge in [0, 0.05) is 30.7 Å². The van der Waals surface area contributed by atoms with Crippen molar-refractivity contribution < 1.29 is 9.53 Å². The molecule has 0 bridgehead atoms. The van der Waals surface area contributed by atoms with Crippen LogP contribution in [0.5, 0.6) is 5.75 Å². The molecular formula is C22H24BrN3O2S. The second-order valence-corrected chi connectivity index (χ2v) is 9.10. The van der Waals surface area contributed by atoms with Crippen LogP contribution in [0.25, 0.3) is 10.2 Å². The van der Waals surface area contributed by atoms with E-state index in [2.05, 4.69) is 46.0 Å². The monoisotopic (exact) mass is 473 g/mol. The molecule has 152 valence electrons. The fraction of sp³-hybridized carbons (Fsp3) is 0.364. The molecule has 1 aromatic heterocycles. The van der Waals surface area contributed by atoms with Crippen LogP contribution in [0, 0.1) is 0 Å². The van der Waals surface area contributed by atoms with E-state index in [4.69, 9.17) is 9.72 Å². The number of rotatable bonds is 5. The van der Waals surface area contributed by atoms with Crippen LogP contribution in [0.15, 0.2) is 46.9 Å². The number of halogens is 1. The summed E-state index contributed by atoms with van der Waals surface area (Å²) in [7, 11) is 0. The van der Waals surface area contributed by atoms with E-state index in [1.807, 2.05) is 36.1 Å². The van der Waals surface area contributed by atoms with Crippen LogP contribution in [0.4, 0.5) is 5.13 Å². The molecule has 1 aliphatic heterocycles. The van der Waals surface area contributed by atoms with Crippen LogP contribution in [0.2, 0.25) is 0 Å². The number of benzene rings is 2. The van der Waals surface area contributed by atoms with Gasteiger partial charge in [-0.3, -0.25) is 4.79 Å². The minimum absolute atomic E-state index is 0.0319. The summed E-state index contributed by atoms with van der Waals surface area (Å²) < 4.78 is 8.04. The largest absolute Gasteiger partial charge is 0.481 e. The molecule has 1 aliphatic rings. The number of anilines is 1. The zero-order chi connectivity index (χ0) is 20.4. The summed E-state index contributed by atoms with van der Waals surface area (Å²) in [5.74, 6) is 0.734. The minimum Gasteiger partial charge on any atom is -0.481 e. The highest BCUT2D eigenvalue weighted by Crippen LogP contribution is 2.30. The highest BCUT2D eigenvalue weighted by molar-refractivity contribution is 9.10. The fourth-order valence-corrected chi connectivity index (χ4v) is 4.80. The lowest BCUT2D eigenvalue weighted by molar-refractivity contribution is -0.138. The summed E-state index contributed by atoms with van der Waals surface area (Å²) in [5.41, 5.74) is 2.39. The molecule has 1 saturated heterocycles. The van der Waals surface area contributed by atoms with Gasteiger partial charge in [0.2, 0.25) is 0 Å². The number of fused-ring (bicyclic) bond motifs is 1. The summed E-state index contributed by atoms with van der Waals surface area (Å²) in [4.78, 5) is 21.7. The fourth-order valence-electron chi connectivity index (χ4n) is 3.45. The van der Waals surface area contributed by atoms with Crippen molar-refractivity contribution in [3.05, 3.63) is 52.5 Å². The van der Waals surface area contributed by atoms with Crippen LogP contribution in [0.3, 0.4) is 0 Å². The average molecular weight is 474 g/mol. The highest BCUT2D eigenvalue weighted by atomic mass is 79.9. The van der Waals surface area contributed by atoms with Crippen molar-refractivity contribution in [3.8, 4) is 5.75 Å². The summed E-state index contributed by atoms with van der Waals surface area (Å²) in [6, 6.07) is 14.0. The number of amides is 1. The maximum absolute atomic E-state index is 12.8. The van der Waals surface area contributed by atoms with Gasteiger partial charge < -0.3 is 14.5 Å². The van der Waals surface area contributed by atoms with Crippen LogP contribution in [0.1, 0.15) is 19.4 Å². The molecule has 0 aliphatic carbocycles. The first-order valence-electron chi connectivity index (χ1n) is 9.89. The molecule has 2 heterocycles. The molecule has 1 fully saturated rings. The van der Waals surface area contributed by atoms with E-state index in [-0.39, 0.29) is 5.91 Å². The lowest BCUT2D eigenvalue weighted by Gasteiger charge is -2.35. The second-order valence-electron chi connectivity index (χ2n) is 7.18. The molecule has 5 nitrogen and oxygen atoms in total. The maximum atomic E-state index is 12.8. The normalized spacial score (nSPS) is 15.6. The van der Waals surface area contributed by atoms with E-state index in [1.54, 1.807) is 11.3 Å². The third-order valence-electron chi connectivity index (χ3n) is 5.19. The molecule has 0 spiro atoms. The first kappa shape index (κ1) is 20.2. The van der Waals surface area contributed by atoms with E-state index in [0.29, 0.717) is 18.8 Å². The smallest absolute Gasteiger partial charge is 0.263 e. The second kappa shape index (κ2) is 8.71. The van der Waals surface area contributed by atoms with E-state index >= 15 is 0 Å². The SMILES string of the molecule is CCc1ccc2nc(N3CCN(C(=O)C(C)Oc4ccc(Br)cc4)CC3)sc2c1. The van der Waals surface area contributed by atoms with E-state index < -0.39 is 6.10 Å². The Hall–Kier alpha value is -2.12. The number of carbonyl (C=O) groups excluding carboxylic acids is 1. The van der Waals surface area contributed by atoms with Crippen molar-refractivity contribution in [1.82, 2.24) is 9.88 Å². The molecule has 4 rings (SSSR count). The first-order valence-corrected chi connectivity index (χ1v) is 11.5. The Balaban J connectivity index is 1.36. The number of hydrogen-bond donors (Lipinski definition) is 0. The Kier molecular flexibility index (Phi) is 6.06. The van der Waals surface area contributed by atoms with Gasteiger partial charge in [-0.1, -0.05) is 40.3 Å². The van der Waals surface area contributed by atoms with Crippen molar-refractivity contribution in [2.24, 2.45) is 0 Å². The molecule has 7 heteroatoms. The topological polar surface area (TPSA) is 45.7 Å². The van der Waals surface area contributed by atoms with Gasteiger partial charge in [0.1, 0.15) is 5.75 Å². The third-order valence-corrected chi connectivity index (χ3v) is 6.79. The lowest BCUT2D eigenvalue weighted by Crippen LogP contribution is -2.52. The van der Waals surface area contributed by atoms with Gasteiger partial charge in [-0.2, -0.15) is 0 Å². The summed E-state index contributed by atoms with van der Waals surface area (Å²) >= 11 is 5.14. The molecule has 29 heavy (non-hydrogen) atoms. The van der Waals surface area contributed by atoms with Gasteiger partial charge in [0.15, 0.2) is 11.2 Å². The molecule has 1 atom stereocenters. The van der Waals surface area contributed by atoms with Crippen molar-refractivity contribution >= 4 is 48.5 Å². The standard InChI is InChI=1S/C22H24BrN3O2S/c1-3-16-4-9-19-20(14-16)29-22(24-19)26-12-10-25(11-13-26)21(27)15(2)28-18-7-5-17(23)6-8-18/h4-9,14-15H,3,10-13H2,1-2H3. The predicted octanol–water partition coefficient (Wildman–Crippen LogP) is 4.74. The van der Waals surface area contributed by atoms with Crippen molar-refractivity contribution in [3.63, 3.8) is 0 Å². The summed E-state index contributed by atoms with van der Waals surface area (Å²) in [5, 5.41) is 1.04. The van der Waals surface area contributed by atoms with Crippen molar-refractivity contribution in [2.75, 3.05) is 31.1 Å². The zero-order valence-electron chi connectivity index (χ0n) is 16.6. The summed E-state index contributed by atoms with van der Waals surface area (Å²) in [6.07, 6.45) is 0.530. The Morgan fingerprint density at radius 1 is 1.17 bits per heavy atom. The number of thiazole rings is 1. The predicted molar refractivity (Wildman–Crippen MR) is 122 cm³/mol. The lowest BCUT2D eigenvalue weighted by atomic mass is 10.2. The van der Waals surface area contributed by atoms with Gasteiger partial charge in [0.05, 0.1) is 10.2 Å². The number of piperazine rings is 1. The number of aromatic nitrogens is 1. The Bertz CT molecular complexity index is 997. The van der Waals surface area contributed by atoms with Crippen LogP contribution < -0.4 is 9.64 Å². The molecule has 0 saturated carbocycles. The van der Waals surface area contributed by atoms with Gasteiger partial charge in [-0.25, -0.2) is 4.98 Å². The molecule has 1 amide bonds. The number of nitrogens with zero attached hydrogens (tertiary/aromatic N) is 3. The van der Waals surface area contributed by atoms with E-state index in [1.165, 1.54) is 10.3 Å². The molecule has 2 aromatic carbocycles.